The van der Waals surface area contributed by atoms with E-state index in [1.165, 1.54) is 21.2 Å². The molecule has 0 bridgehead atoms. The number of rotatable bonds is 0. The average Bonchev–Trinajstić information content (AvgIpc) is 2.85. The van der Waals surface area contributed by atoms with Gasteiger partial charge < -0.3 is 4.74 Å². The summed E-state index contributed by atoms with van der Waals surface area (Å²) in [5.41, 5.74) is -0.303. The number of ether oxygens (including phenoxy) is 1. The molecule has 7 nitrogen and oxygen atoms in total. The van der Waals surface area contributed by atoms with Crippen molar-refractivity contribution in [3.63, 3.8) is 0 Å². The Hall–Kier alpha value is -1.96. The molecule has 0 fully saturated rings. The Kier molecular flexibility index (Phi) is 3.20. The molecule has 0 spiro atoms. The highest BCUT2D eigenvalue weighted by Crippen LogP contribution is 2.31. The first-order chi connectivity index (χ1) is 9.87. The summed E-state index contributed by atoms with van der Waals surface area (Å²) in [6.07, 6.45) is 1.16. The average molecular weight is 308 g/mol. The Bertz CT molecular complexity index is 759. The first kappa shape index (κ1) is 14.0. The van der Waals surface area contributed by atoms with E-state index in [1.807, 2.05) is 20.8 Å². The predicted molar refractivity (Wildman–Crippen MR) is 80.1 cm³/mol. The van der Waals surface area contributed by atoms with Crippen LogP contribution in [0.3, 0.4) is 0 Å². The molecule has 0 unspecified atom stereocenters. The van der Waals surface area contributed by atoms with E-state index in [4.69, 9.17) is 4.74 Å². The molecular weight excluding hydrogens is 292 g/mol. The number of aromatic amines is 1. The number of H-pyrrole nitrogens is 1. The number of nitrogens with one attached hydrogen (secondary N) is 1. The van der Waals surface area contributed by atoms with Gasteiger partial charge in [-0.3, -0.25) is 14.8 Å². The Balaban J connectivity index is 2.07. The number of aromatic nitrogens is 3. The van der Waals surface area contributed by atoms with Gasteiger partial charge in [-0.25, -0.2) is 14.3 Å². The van der Waals surface area contributed by atoms with Crippen LogP contribution in [0.15, 0.2) is 22.0 Å². The van der Waals surface area contributed by atoms with E-state index >= 15 is 0 Å². The maximum atomic E-state index is 12.4. The van der Waals surface area contributed by atoms with Crippen LogP contribution in [0, 0.1) is 0 Å². The minimum Gasteiger partial charge on any atom is -0.443 e. The van der Waals surface area contributed by atoms with Crippen LogP contribution in [-0.4, -0.2) is 38.6 Å². The zero-order valence-electron chi connectivity index (χ0n) is 12.0. The van der Waals surface area contributed by atoms with Gasteiger partial charge in [0, 0.05) is 24.6 Å². The van der Waals surface area contributed by atoms with Crippen LogP contribution in [0.5, 0.6) is 0 Å². The topological polar surface area (TPSA) is 79.7 Å². The summed E-state index contributed by atoms with van der Waals surface area (Å²) in [6.45, 7) is 5.89. The van der Waals surface area contributed by atoms with Crippen molar-refractivity contribution in [2.75, 3.05) is 17.2 Å². The van der Waals surface area contributed by atoms with Gasteiger partial charge in [-0.2, -0.15) is 0 Å². The normalized spacial score (nSPS) is 15.1. The molecule has 0 radical (unpaired) electrons. The van der Waals surface area contributed by atoms with Gasteiger partial charge in [0.2, 0.25) is 0 Å². The minimum atomic E-state index is -0.588. The van der Waals surface area contributed by atoms with Crippen molar-refractivity contribution in [2.45, 2.75) is 31.3 Å². The molecule has 0 saturated heterocycles. The molecule has 1 aliphatic rings. The molecule has 1 aliphatic heterocycles. The van der Waals surface area contributed by atoms with Crippen LogP contribution >= 0.6 is 11.8 Å². The lowest BCUT2D eigenvalue weighted by Crippen LogP contribution is -2.42. The van der Waals surface area contributed by atoms with E-state index in [0.29, 0.717) is 28.7 Å². The maximum Gasteiger partial charge on any atom is 0.416 e. The summed E-state index contributed by atoms with van der Waals surface area (Å²) in [4.78, 5) is 31.0. The zero-order valence-corrected chi connectivity index (χ0v) is 12.9. The molecule has 0 aromatic carbocycles. The molecule has 21 heavy (non-hydrogen) atoms. The van der Waals surface area contributed by atoms with E-state index < -0.39 is 11.7 Å². The van der Waals surface area contributed by atoms with E-state index in [0.717, 1.165) is 0 Å². The lowest BCUT2D eigenvalue weighted by atomic mass is 10.2. The lowest BCUT2D eigenvalue weighted by molar-refractivity contribution is 0.0580. The first-order valence-corrected chi connectivity index (χ1v) is 7.59. The second-order valence-electron chi connectivity index (χ2n) is 5.71. The first-order valence-electron chi connectivity index (χ1n) is 6.60. The number of thioether (sulfide) groups is 1. The quantitative estimate of drug-likeness (QED) is 0.803. The van der Waals surface area contributed by atoms with E-state index in [2.05, 4.69) is 10.1 Å². The molecule has 3 heterocycles. The predicted octanol–water partition coefficient (Wildman–Crippen LogP) is 1.87. The van der Waals surface area contributed by atoms with Crippen LogP contribution in [0.2, 0.25) is 0 Å². The molecule has 3 rings (SSSR count). The Morgan fingerprint density at radius 3 is 2.95 bits per heavy atom. The fourth-order valence-corrected chi connectivity index (χ4v) is 3.06. The number of anilines is 1. The van der Waals surface area contributed by atoms with Crippen LogP contribution in [-0.2, 0) is 4.74 Å². The monoisotopic (exact) mass is 308 g/mol. The van der Waals surface area contributed by atoms with Gasteiger partial charge in [0.05, 0.1) is 0 Å². The maximum absolute atomic E-state index is 12.4. The summed E-state index contributed by atoms with van der Waals surface area (Å²) >= 11 is 1.41. The van der Waals surface area contributed by atoms with Crippen LogP contribution in [0.4, 0.5) is 10.6 Å². The van der Waals surface area contributed by atoms with Crippen molar-refractivity contribution in [3.05, 3.63) is 22.6 Å². The third-order valence-corrected chi connectivity index (χ3v) is 3.95. The fraction of sp³-hybridized carbons (Fsp3) is 0.462. The van der Waals surface area contributed by atoms with Crippen molar-refractivity contribution in [1.82, 2.24) is 14.6 Å². The van der Waals surface area contributed by atoms with Gasteiger partial charge >= 0.3 is 6.09 Å². The van der Waals surface area contributed by atoms with Crippen molar-refractivity contribution < 1.29 is 9.53 Å². The number of fused-ring (bicyclic) bond motifs is 2. The summed E-state index contributed by atoms with van der Waals surface area (Å²) in [6, 6.07) is 1.69. The fourth-order valence-electron chi connectivity index (χ4n) is 2.08. The van der Waals surface area contributed by atoms with Gasteiger partial charge in [0.1, 0.15) is 10.5 Å². The highest BCUT2D eigenvalue weighted by Gasteiger charge is 2.31. The van der Waals surface area contributed by atoms with Crippen LogP contribution in [0.1, 0.15) is 20.8 Å². The van der Waals surface area contributed by atoms with Gasteiger partial charge in [-0.1, -0.05) is 0 Å². The van der Waals surface area contributed by atoms with E-state index in [1.54, 1.807) is 12.3 Å². The number of carbonyl (C=O) groups is 1. The number of hydrogen-bond donors (Lipinski definition) is 1. The van der Waals surface area contributed by atoms with Gasteiger partial charge in [0.25, 0.3) is 5.56 Å². The van der Waals surface area contributed by atoms with Crippen LogP contribution in [0.25, 0.3) is 5.65 Å². The van der Waals surface area contributed by atoms with Crippen molar-refractivity contribution in [2.24, 2.45) is 0 Å². The Morgan fingerprint density at radius 1 is 1.48 bits per heavy atom. The smallest absolute Gasteiger partial charge is 0.416 e. The number of amides is 1. The lowest BCUT2D eigenvalue weighted by Gasteiger charge is -2.29. The summed E-state index contributed by atoms with van der Waals surface area (Å²) in [5.74, 6) is 1.01. The van der Waals surface area contributed by atoms with E-state index in [-0.39, 0.29) is 5.56 Å². The summed E-state index contributed by atoms with van der Waals surface area (Å²) in [7, 11) is 0. The molecule has 112 valence electrons. The second-order valence-corrected chi connectivity index (χ2v) is 6.81. The molecule has 0 aliphatic carbocycles. The summed E-state index contributed by atoms with van der Waals surface area (Å²) < 4.78 is 6.75. The SMILES string of the molecule is CC(C)(C)OC(=O)N1CCSc2c1nc1cc[nH]n1c2=O. The van der Waals surface area contributed by atoms with Crippen molar-refractivity contribution >= 4 is 29.3 Å². The largest absolute Gasteiger partial charge is 0.443 e. The summed E-state index contributed by atoms with van der Waals surface area (Å²) in [5, 5.41) is 2.81. The molecular formula is C13H16N4O3S. The molecule has 0 saturated carbocycles. The van der Waals surface area contributed by atoms with Gasteiger partial charge in [0.15, 0.2) is 11.5 Å². The minimum absolute atomic E-state index is 0.196. The standard InChI is InChI=1S/C13H16N4O3S/c1-13(2,3)20-12(19)16-6-7-21-9-10(16)15-8-4-5-14-17(8)11(9)18/h4-5,14H,6-7H2,1-3H3. The zero-order chi connectivity index (χ0) is 15.2. The molecule has 1 N–H and O–H groups in total. The highest BCUT2D eigenvalue weighted by molar-refractivity contribution is 7.99. The third-order valence-electron chi connectivity index (χ3n) is 2.92. The molecule has 8 heteroatoms. The molecule has 2 aromatic heterocycles. The molecule has 2 aromatic rings. The van der Waals surface area contributed by atoms with E-state index in [9.17, 15) is 9.59 Å². The Morgan fingerprint density at radius 2 is 2.24 bits per heavy atom. The molecule has 1 amide bonds. The number of hydrogen-bond acceptors (Lipinski definition) is 5. The van der Waals surface area contributed by atoms with Gasteiger partial charge in [-0.05, 0) is 20.8 Å². The molecule has 0 atom stereocenters. The van der Waals surface area contributed by atoms with Crippen molar-refractivity contribution in [3.8, 4) is 0 Å². The number of carbonyl (C=O) groups excluding carboxylic acids is 1. The third kappa shape index (κ3) is 2.51. The van der Waals surface area contributed by atoms with Gasteiger partial charge in [-0.15, -0.1) is 11.8 Å². The second kappa shape index (κ2) is 4.80. The van der Waals surface area contributed by atoms with Crippen molar-refractivity contribution in [1.29, 1.82) is 0 Å². The number of nitrogens with zero attached hydrogens (tertiary/aromatic N) is 3. The van der Waals surface area contributed by atoms with Crippen LogP contribution < -0.4 is 10.5 Å². The Labute approximate surface area is 125 Å². The highest BCUT2D eigenvalue weighted by atomic mass is 32.2.